The van der Waals surface area contributed by atoms with Crippen LogP contribution in [0.3, 0.4) is 0 Å². The van der Waals surface area contributed by atoms with Gasteiger partial charge in [-0.05, 0) is 37.0 Å². The third-order valence-electron chi connectivity index (χ3n) is 3.37. The van der Waals surface area contributed by atoms with Gasteiger partial charge < -0.3 is 0 Å². The zero-order valence-corrected chi connectivity index (χ0v) is 10.6. The maximum atomic E-state index is 11.8. The second-order valence-corrected chi connectivity index (χ2v) is 6.70. The number of hydrogen-bond donors (Lipinski definition) is 2. The minimum absolute atomic E-state index is 0.124. The van der Waals surface area contributed by atoms with Crippen molar-refractivity contribution in [3.8, 4) is 0 Å². The molecule has 2 N–H and O–H groups in total. The summed E-state index contributed by atoms with van der Waals surface area (Å²) in [6.07, 6.45) is 2.68. The predicted molar refractivity (Wildman–Crippen MR) is 60.2 cm³/mol. The Labute approximate surface area is 100 Å². The Kier molecular flexibility index (Phi) is 2.92. The Balaban J connectivity index is 2.03. The second kappa shape index (κ2) is 3.85. The maximum absolute atomic E-state index is 11.8. The van der Waals surface area contributed by atoms with E-state index in [9.17, 15) is 13.2 Å². The molecule has 0 aliphatic heterocycles. The van der Waals surface area contributed by atoms with Crippen LogP contribution in [-0.4, -0.2) is 25.1 Å². The lowest BCUT2D eigenvalue weighted by atomic mass is 10.2. The molecule has 92 valence electrons. The molecule has 0 bridgehead atoms. The summed E-state index contributed by atoms with van der Waals surface area (Å²) in [7, 11) is -3.47. The molecule has 2 fully saturated rings. The van der Waals surface area contributed by atoms with Gasteiger partial charge in [0.1, 0.15) is 5.54 Å². The number of halogens is 1. The largest absolute Gasteiger partial charge is 0.272 e. The van der Waals surface area contributed by atoms with Crippen LogP contribution in [0, 0.1) is 5.92 Å². The quantitative estimate of drug-likeness (QED) is 0.711. The first kappa shape index (κ1) is 12.1. The number of nitrogens with one attached hydrogen (secondary N) is 2. The SMILES string of the molecule is CC[C@@H]1C[C@]1(NCl)C(=O)NS(=O)(=O)C1CC1. The molecule has 2 atom stereocenters. The van der Waals surface area contributed by atoms with Crippen molar-refractivity contribution in [3.05, 3.63) is 0 Å². The number of rotatable bonds is 5. The van der Waals surface area contributed by atoms with Crippen LogP contribution in [0.4, 0.5) is 0 Å². The van der Waals surface area contributed by atoms with Crippen LogP contribution in [0.15, 0.2) is 0 Å². The van der Waals surface area contributed by atoms with Gasteiger partial charge in [0, 0.05) is 0 Å². The van der Waals surface area contributed by atoms with E-state index in [1.54, 1.807) is 0 Å². The third kappa shape index (κ3) is 1.94. The Morgan fingerprint density at radius 2 is 2.12 bits per heavy atom. The van der Waals surface area contributed by atoms with E-state index in [4.69, 9.17) is 11.8 Å². The lowest BCUT2D eigenvalue weighted by Crippen LogP contribution is -2.47. The Morgan fingerprint density at radius 1 is 1.50 bits per heavy atom. The lowest BCUT2D eigenvalue weighted by Gasteiger charge is -2.14. The zero-order valence-electron chi connectivity index (χ0n) is 8.99. The van der Waals surface area contributed by atoms with Crippen molar-refractivity contribution in [2.24, 2.45) is 5.92 Å². The average Bonchev–Trinajstić information content (AvgIpc) is 3.10. The maximum Gasteiger partial charge on any atom is 0.255 e. The first-order valence-corrected chi connectivity index (χ1v) is 7.32. The van der Waals surface area contributed by atoms with Gasteiger partial charge in [0.05, 0.1) is 5.25 Å². The summed E-state index contributed by atoms with van der Waals surface area (Å²) in [4.78, 5) is 14.3. The predicted octanol–water partition coefficient (Wildman–Crippen LogP) is 0.507. The summed E-state index contributed by atoms with van der Waals surface area (Å²) in [5.74, 6) is -0.388. The van der Waals surface area contributed by atoms with Gasteiger partial charge in [-0.2, -0.15) is 0 Å². The first-order chi connectivity index (χ1) is 7.46. The summed E-state index contributed by atoms with van der Waals surface area (Å²) in [5, 5.41) is -0.386. The molecule has 2 saturated carbocycles. The van der Waals surface area contributed by atoms with Crippen molar-refractivity contribution in [1.82, 2.24) is 9.56 Å². The van der Waals surface area contributed by atoms with Gasteiger partial charge in [-0.1, -0.05) is 13.3 Å². The van der Waals surface area contributed by atoms with Crippen molar-refractivity contribution >= 4 is 27.7 Å². The van der Waals surface area contributed by atoms with E-state index in [0.717, 1.165) is 6.42 Å². The van der Waals surface area contributed by atoms with Gasteiger partial charge in [0.25, 0.3) is 5.91 Å². The number of sulfonamides is 1. The van der Waals surface area contributed by atoms with E-state index in [2.05, 4.69) is 9.56 Å². The van der Waals surface area contributed by atoms with Crippen molar-refractivity contribution < 1.29 is 13.2 Å². The summed E-state index contributed by atoms with van der Waals surface area (Å²) < 4.78 is 25.3. The molecule has 0 spiro atoms. The van der Waals surface area contributed by atoms with Crippen LogP contribution in [0.5, 0.6) is 0 Å². The summed E-state index contributed by atoms with van der Waals surface area (Å²) in [6, 6.07) is 0. The fourth-order valence-electron chi connectivity index (χ4n) is 1.94. The highest BCUT2D eigenvalue weighted by Crippen LogP contribution is 2.46. The van der Waals surface area contributed by atoms with E-state index >= 15 is 0 Å². The highest BCUT2D eigenvalue weighted by molar-refractivity contribution is 7.90. The smallest absolute Gasteiger partial charge is 0.255 e. The van der Waals surface area contributed by atoms with Crippen LogP contribution >= 0.6 is 11.8 Å². The van der Waals surface area contributed by atoms with E-state index < -0.39 is 21.5 Å². The van der Waals surface area contributed by atoms with Crippen LogP contribution in [0.25, 0.3) is 0 Å². The molecule has 16 heavy (non-hydrogen) atoms. The fourth-order valence-corrected chi connectivity index (χ4v) is 3.62. The highest BCUT2D eigenvalue weighted by atomic mass is 35.5. The van der Waals surface area contributed by atoms with Crippen molar-refractivity contribution in [2.45, 2.75) is 43.4 Å². The van der Waals surface area contributed by atoms with E-state index in [-0.39, 0.29) is 11.2 Å². The van der Waals surface area contributed by atoms with Gasteiger partial charge in [-0.15, -0.1) is 0 Å². The number of hydrogen-bond acceptors (Lipinski definition) is 4. The molecule has 2 rings (SSSR count). The number of carbonyl (C=O) groups is 1. The molecule has 2 aliphatic rings. The monoisotopic (exact) mass is 266 g/mol. The Hall–Kier alpha value is -0.330. The summed E-state index contributed by atoms with van der Waals surface area (Å²) >= 11 is 5.54. The molecule has 7 heteroatoms. The summed E-state index contributed by atoms with van der Waals surface area (Å²) in [6.45, 7) is 1.95. The normalized spacial score (nSPS) is 33.5. The third-order valence-corrected chi connectivity index (χ3v) is 5.53. The van der Waals surface area contributed by atoms with Gasteiger partial charge in [-0.25, -0.2) is 13.3 Å². The van der Waals surface area contributed by atoms with Crippen LogP contribution < -0.4 is 9.56 Å². The average molecular weight is 267 g/mol. The molecule has 1 amide bonds. The molecule has 0 aromatic rings. The van der Waals surface area contributed by atoms with Crippen molar-refractivity contribution in [1.29, 1.82) is 0 Å². The topological polar surface area (TPSA) is 75.3 Å². The number of amides is 1. The number of carbonyl (C=O) groups excluding carboxylic acids is 1. The van der Waals surface area contributed by atoms with Gasteiger partial charge in [0.2, 0.25) is 10.0 Å². The van der Waals surface area contributed by atoms with Crippen molar-refractivity contribution in [2.75, 3.05) is 0 Å². The van der Waals surface area contributed by atoms with Gasteiger partial charge >= 0.3 is 0 Å². The molecule has 0 saturated heterocycles. The second-order valence-electron chi connectivity index (χ2n) is 4.55. The Morgan fingerprint density at radius 3 is 2.50 bits per heavy atom. The fraction of sp³-hybridized carbons (Fsp3) is 0.889. The molecular weight excluding hydrogens is 252 g/mol. The van der Waals surface area contributed by atoms with E-state index in [1.807, 2.05) is 6.92 Å². The summed E-state index contributed by atoms with van der Waals surface area (Å²) in [5.41, 5.74) is -0.877. The molecule has 0 radical (unpaired) electrons. The van der Waals surface area contributed by atoms with E-state index in [1.165, 1.54) is 0 Å². The highest BCUT2D eigenvalue weighted by Gasteiger charge is 2.60. The Bertz CT molecular complexity index is 407. The molecule has 2 aliphatic carbocycles. The van der Waals surface area contributed by atoms with Crippen molar-refractivity contribution in [3.63, 3.8) is 0 Å². The lowest BCUT2D eigenvalue weighted by molar-refractivity contribution is -0.122. The van der Waals surface area contributed by atoms with Crippen LogP contribution in [-0.2, 0) is 14.8 Å². The molecular formula is C9H15ClN2O3S. The zero-order chi connectivity index (χ0) is 12.0. The molecule has 0 heterocycles. The first-order valence-electron chi connectivity index (χ1n) is 5.40. The van der Waals surface area contributed by atoms with Gasteiger partial charge in [0.15, 0.2) is 0 Å². The van der Waals surface area contributed by atoms with E-state index in [0.29, 0.717) is 19.3 Å². The van der Waals surface area contributed by atoms with Crippen LogP contribution in [0.2, 0.25) is 0 Å². The molecule has 5 nitrogen and oxygen atoms in total. The minimum atomic E-state index is -3.47. The molecule has 0 unspecified atom stereocenters. The minimum Gasteiger partial charge on any atom is -0.272 e. The van der Waals surface area contributed by atoms with Gasteiger partial charge in [-0.3, -0.25) is 9.52 Å². The molecule has 0 aromatic carbocycles. The standard InChI is InChI=1S/C9H15ClN2O3S/c1-2-6-5-9(6,12-10)8(13)11-16(14,15)7-3-4-7/h6-7,12H,2-5H2,1H3,(H,11,13)/t6-,9-/m1/s1. The molecule has 0 aromatic heterocycles. The van der Waals surface area contributed by atoms with Crippen LogP contribution in [0.1, 0.15) is 32.6 Å².